The van der Waals surface area contributed by atoms with Gasteiger partial charge in [-0.25, -0.2) is 0 Å². The third-order valence-corrected chi connectivity index (χ3v) is 5.76. The third-order valence-electron chi connectivity index (χ3n) is 4.30. The van der Waals surface area contributed by atoms with Crippen LogP contribution in [0.15, 0.2) is 0 Å². The van der Waals surface area contributed by atoms with E-state index in [1.807, 2.05) is 0 Å². The molecule has 0 rings (SSSR count). The number of halogens is 1. The van der Waals surface area contributed by atoms with Crippen molar-refractivity contribution in [1.29, 1.82) is 0 Å². The first-order valence-corrected chi connectivity index (χ1v) is 11.6. The molecule has 0 heterocycles. The van der Waals surface area contributed by atoms with Crippen molar-refractivity contribution in [2.45, 2.75) is 116 Å². The maximum atomic E-state index is 5.68. The number of hydrogen-bond donors (Lipinski definition) is 0. The monoisotopic (exact) mass is 330 g/mol. The van der Waals surface area contributed by atoms with E-state index in [1.54, 1.807) is 0 Å². The van der Waals surface area contributed by atoms with Crippen molar-refractivity contribution in [3.63, 3.8) is 0 Å². The lowest BCUT2D eigenvalue weighted by atomic mass is 10.0. The van der Waals surface area contributed by atoms with Gasteiger partial charge in [-0.1, -0.05) is 116 Å². The zero-order valence-corrected chi connectivity index (χ0v) is 16.4. The van der Waals surface area contributed by atoms with Gasteiger partial charge in [0.25, 0.3) is 0 Å². The van der Waals surface area contributed by atoms with Crippen LogP contribution in [0.4, 0.5) is 0 Å². The quantitative estimate of drug-likeness (QED) is 0.138. The number of alkyl halides is 1. The van der Waals surface area contributed by atoms with Gasteiger partial charge >= 0.3 is 0 Å². The van der Waals surface area contributed by atoms with E-state index in [9.17, 15) is 0 Å². The highest BCUT2D eigenvalue weighted by molar-refractivity contribution is 6.50. The van der Waals surface area contributed by atoms with Gasteiger partial charge in [0.15, 0.2) is 0 Å². The number of rotatable bonds is 18. The van der Waals surface area contributed by atoms with Crippen molar-refractivity contribution in [2.24, 2.45) is 0 Å². The summed E-state index contributed by atoms with van der Waals surface area (Å²) in [6, 6.07) is 1.36. The minimum absolute atomic E-state index is 0.874. The molecule has 0 amide bonds. The molecule has 0 aromatic carbocycles. The summed E-state index contributed by atoms with van der Waals surface area (Å²) in [5, 5.41) is 0. The van der Waals surface area contributed by atoms with Crippen LogP contribution in [0.3, 0.4) is 0 Å². The lowest BCUT2D eigenvalue weighted by Gasteiger charge is -2.03. The highest BCUT2D eigenvalue weighted by atomic mass is 35.5. The fourth-order valence-corrected chi connectivity index (χ4v) is 3.90. The Hall–Kier alpha value is 0.507. The maximum Gasteiger partial charge on any atom is 0.0575 e. The van der Waals surface area contributed by atoms with Crippen LogP contribution in [-0.2, 0) is 0 Å². The molecule has 0 unspecified atom stereocenters. The summed E-state index contributed by atoms with van der Waals surface area (Å²) in [5.74, 6) is 0. The fourth-order valence-electron chi connectivity index (χ4n) is 2.86. The minimum atomic E-state index is 0.874. The van der Waals surface area contributed by atoms with E-state index in [0.29, 0.717) is 0 Å². The molecular weight excluding hydrogens is 292 g/mol. The molecule has 0 N–H and O–H groups in total. The maximum absolute atomic E-state index is 5.68. The van der Waals surface area contributed by atoms with Crippen LogP contribution in [-0.4, -0.2) is 15.0 Å². The molecule has 0 nitrogen and oxygen atoms in total. The van der Waals surface area contributed by atoms with Crippen LogP contribution < -0.4 is 0 Å². The van der Waals surface area contributed by atoms with Gasteiger partial charge in [0.1, 0.15) is 0 Å². The molecule has 0 fully saturated rings. The van der Waals surface area contributed by atoms with E-state index in [2.05, 4.69) is 6.92 Å². The van der Waals surface area contributed by atoms with Gasteiger partial charge in [-0.15, -0.1) is 11.6 Å². The number of hydrogen-bond acceptors (Lipinski definition) is 0. The highest BCUT2D eigenvalue weighted by Crippen LogP contribution is 2.13. The largest absolute Gasteiger partial charge is 0.131 e. The second-order valence-corrected chi connectivity index (χ2v) is 8.51. The lowest BCUT2D eigenvalue weighted by molar-refractivity contribution is 0.531. The van der Waals surface area contributed by atoms with Crippen molar-refractivity contribution < 1.29 is 0 Å². The first kappa shape index (κ1) is 21.5. The van der Waals surface area contributed by atoms with E-state index in [1.165, 1.54) is 109 Å². The normalized spacial score (nSPS) is 11.1. The average molecular weight is 331 g/mol. The summed E-state index contributed by atoms with van der Waals surface area (Å²) in [4.78, 5) is 0. The van der Waals surface area contributed by atoms with Crippen LogP contribution in [0, 0.1) is 0 Å². The Kier molecular flexibility index (Phi) is 21.0. The molecule has 0 aliphatic heterocycles. The lowest BCUT2D eigenvalue weighted by Crippen LogP contribution is -1.90. The molecule has 126 valence electrons. The Bertz CT molecular complexity index is 155. The predicted molar refractivity (Wildman–Crippen MR) is 101 cm³/mol. The Labute approximate surface area is 142 Å². The van der Waals surface area contributed by atoms with E-state index in [-0.39, 0.29) is 0 Å². The molecule has 0 aromatic rings. The summed E-state index contributed by atoms with van der Waals surface area (Å²) in [6.45, 7) is 2.29. The van der Waals surface area contributed by atoms with Gasteiger partial charge in [0.05, 0.1) is 9.52 Å². The summed E-state index contributed by atoms with van der Waals surface area (Å²) in [7, 11) is 0.991. The second-order valence-electron chi connectivity index (χ2n) is 6.44. The molecule has 0 saturated heterocycles. The summed E-state index contributed by atoms with van der Waals surface area (Å²) in [5.41, 5.74) is 0.874. The SMILES string of the molecule is CCCCCCCCCCCCCCCCCC[Si]CCl. The summed E-state index contributed by atoms with van der Waals surface area (Å²) >= 11 is 5.68. The van der Waals surface area contributed by atoms with E-state index in [4.69, 9.17) is 11.6 Å². The predicted octanol–water partition coefficient (Wildman–Crippen LogP) is 7.57. The van der Waals surface area contributed by atoms with Gasteiger partial charge in [-0.05, 0) is 0 Å². The smallest absolute Gasteiger partial charge is 0.0575 e. The van der Waals surface area contributed by atoms with Crippen LogP contribution in [0.25, 0.3) is 0 Å². The molecule has 0 aromatic heterocycles. The summed E-state index contributed by atoms with van der Waals surface area (Å²) < 4.78 is 0. The average Bonchev–Trinajstić information content (AvgIpc) is 2.50. The molecule has 2 radical (unpaired) electrons. The van der Waals surface area contributed by atoms with Crippen molar-refractivity contribution in [3.8, 4) is 0 Å². The minimum Gasteiger partial charge on any atom is -0.131 e. The van der Waals surface area contributed by atoms with Crippen LogP contribution in [0.2, 0.25) is 6.04 Å². The zero-order valence-electron chi connectivity index (χ0n) is 14.6. The molecular formula is C19H39ClSi. The molecule has 0 aliphatic rings. The first-order chi connectivity index (χ1) is 10.4. The second kappa shape index (κ2) is 20.5. The molecule has 2 heteroatoms. The van der Waals surface area contributed by atoms with Gasteiger partial charge < -0.3 is 0 Å². The Balaban J connectivity index is 2.90. The van der Waals surface area contributed by atoms with Gasteiger partial charge in [-0.2, -0.15) is 0 Å². The van der Waals surface area contributed by atoms with Gasteiger partial charge in [0.2, 0.25) is 0 Å². The Morgan fingerprint density at radius 1 is 0.524 bits per heavy atom. The van der Waals surface area contributed by atoms with Crippen LogP contribution >= 0.6 is 11.6 Å². The Morgan fingerprint density at radius 3 is 1.19 bits per heavy atom. The van der Waals surface area contributed by atoms with Gasteiger partial charge in [0, 0.05) is 5.50 Å². The zero-order chi connectivity index (χ0) is 15.4. The van der Waals surface area contributed by atoms with Crippen molar-refractivity contribution in [1.82, 2.24) is 0 Å². The third kappa shape index (κ3) is 20.5. The topological polar surface area (TPSA) is 0 Å². The van der Waals surface area contributed by atoms with Crippen LogP contribution in [0.5, 0.6) is 0 Å². The van der Waals surface area contributed by atoms with Crippen molar-refractivity contribution in [2.75, 3.05) is 5.50 Å². The number of unbranched alkanes of at least 4 members (excludes halogenated alkanes) is 15. The van der Waals surface area contributed by atoms with E-state index >= 15 is 0 Å². The van der Waals surface area contributed by atoms with E-state index in [0.717, 1.165) is 15.0 Å². The molecule has 21 heavy (non-hydrogen) atoms. The fraction of sp³-hybridized carbons (Fsp3) is 1.00. The van der Waals surface area contributed by atoms with Crippen LogP contribution in [0.1, 0.15) is 110 Å². The Morgan fingerprint density at radius 2 is 0.857 bits per heavy atom. The summed E-state index contributed by atoms with van der Waals surface area (Å²) in [6.07, 6.45) is 23.3. The van der Waals surface area contributed by atoms with E-state index < -0.39 is 0 Å². The van der Waals surface area contributed by atoms with Crippen molar-refractivity contribution >= 4 is 21.1 Å². The molecule has 0 atom stereocenters. The molecule has 0 saturated carbocycles. The molecule has 0 spiro atoms. The highest BCUT2D eigenvalue weighted by Gasteiger charge is 1.94. The van der Waals surface area contributed by atoms with Gasteiger partial charge in [-0.3, -0.25) is 0 Å². The molecule has 0 bridgehead atoms. The standard InChI is InChI=1S/C19H39ClSi/c1-2-3-4-5-6-7-8-9-10-11-12-13-14-15-16-17-18-21-19-20/h2-19H2,1H3. The first-order valence-electron chi connectivity index (χ1n) is 9.68. The van der Waals surface area contributed by atoms with Crippen molar-refractivity contribution in [3.05, 3.63) is 0 Å². The molecule has 0 aliphatic carbocycles.